The van der Waals surface area contributed by atoms with Crippen molar-refractivity contribution < 1.29 is 4.79 Å². The van der Waals surface area contributed by atoms with Crippen LogP contribution in [0.4, 0.5) is 5.69 Å². The van der Waals surface area contributed by atoms with Crippen LogP contribution >= 0.6 is 15.9 Å². The highest BCUT2D eigenvalue weighted by molar-refractivity contribution is 9.09. The molecule has 0 aliphatic heterocycles. The minimum absolute atomic E-state index is 0.0995. The van der Waals surface area contributed by atoms with Gasteiger partial charge in [0.1, 0.15) is 0 Å². The van der Waals surface area contributed by atoms with E-state index in [9.17, 15) is 4.79 Å². The number of halogens is 1. The van der Waals surface area contributed by atoms with E-state index < -0.39 is 0 Å². The molecule has 112 valence electrons. The summed E-state index contributed by atoms with van der Waals surface area (Å²) < 4.78 is 1.68. The predicted octanol–water partition coefficient (Wildman–Crippen LogP) is 3.56. The molecule has 0 saturated carbocycles. The Morgan fingerprint density at radius 3 is 2.95 bits per heavy atom. The smallest absolute Gasteiger partial charge is 0.259 e. The van der Waals surface area contributed by atoms with Crippen LogP contribution in [-0.2, 0) is 19.9 Å². The van der Waals surface area contributed by atoms with Gasteiger partial charge in [-0.25, -0.2) is 0 Å². The summed E-state index contributed by atoms with van der Waals surface area (Å²) >= 11 is 3.44. The number of aromatic nitrogens is 2. The van der Waals surface area contributed by atoms with Crippen molar-refractivity contribution in [2.45, 2.75) is 26.2 Å². The Hall–Kier alpha value is -1.62. The van der Waals surface area contributed by atoms with Gasteiger partial charge in [0.15, 0.2) is 0 Å². The largest absolute Gasteiger partial charge is 0.322 e. The van der Waals surface area contributed by atoms with Crippen LogP contribution in [0.3, 0.4) is 0 Å². The Kier molecular flexibility index (Phi) is 5.56. The number of aryl methyl sites for hydroxylation is 3. The summed E-state index contributed by atoms with van der Waals surface area (Å²) in [5.41, 5.74) is 3.53. The lowest BCUT2D eigenvalue weighted by atomic mass is 10.1. The Bertz CT molecular complexity index is 622. The lowest BCUT2D eigenvalue weighted by molar-refractivity contribution is 0.102. The molecule has 0 aliphatic carbocycles. The van der Waals surface area contributed by atoms with E-state index in [2.05, 4.69) is 32.4 Å². The molecule has 1 heterocycles. The molecule has 0 bridgehead atoms. The number of nitrogens with zero attached hydrogens (tertiary/aromatic N) is 2. The molecular formula is C16H20BrN3O. The fourth-order valence-electron chi connectivity index (χ4n) is 2.26. The molecule has 2 aromatic rings. The minimum Gasteiger partial charge on any atom is -0.322 e. The summed E-state index contributed by atoms with van der Waals surface area (Å²) in [6, 6.07) is 8.00. The van der Waals surface area contributed by atoms with Gasteiger partial charge in [0, 0.05) is 24.3 Å². The number of carbonyl (C=O) groups excluding carboxylic acids is 1. The third-order valence-corrected chi connectivity index (χ3v) is 3.83. The zero-order chi connectivity index (χ0) is 15.2. The van der Waals surface area contributed by atoms with Crippen LogP contribution in [0.1, 0.15) is 35.0 Å². The van der Waals surface area contributed by atoms with E-state index in [1.807, 2.05) is 32.2 Å². The Balaban J connectivity index is 2.11. The second-order valence-corrected chi connectivity index (χ2v) is 5.76. The molecule has 1 aromatic heterocycles. The average molecular weight is 350 g/mol. The number of amides is 1. The first-order valence-corrected chi connectivity index (χ1v) is 8.25. The van der Waals surface area contributed by atoms with Gasteiger partial charge in [0.25, 0.3) is 5.91 Å². The first-order valence-electron chi connectivity index (χ1n) is 7.12. The number of carbonyl (C=O) groups is 1. The lowest BCUT2D eigenvalue weighted by Gasteiger charge is -2.07. The molecule has 0 atom stereocenters. The second-order valence-electron chi connectivity index (χ2n) is 4.96. The van der Waals surface area contributed by atoms with Gasteiger partial charge in [-0.3, -0.25) is 9.48 Å². The van der Waals surface area contributed by atoms with Gasteiger partial charge >= 0.3 is 0 Å². The molecule has 0 saturated heterocycles. The lowest BCUT2D eigenvalue weighted by Crippen LogP contribution is -2.13. The van der Waals surface area contributed by atoms with Crippen molar-refractivity contribution in [1.82, 2.24) is 9.78 Å². The van der Waals surface area contributed by atoms with Gasteiger partial charge in [-0.1, -0.05) is 35.0 Å². The highest BCUT2D eigenvalue weighted by atomic mass is 79.9. The fourth-order valence-corrected chi connectivity index (χ4v) is 2.54. The topological polar surface area (TPSA) is 46.9 Å². The monoisotopic (exact) mass is 349 g/mol. The van der Waals surface area contributed by atoms with Crippen LogP contribution in [0.5, 0.6) is 0 Å². The maximum absolute atomic E-state index is 12.4. The zero-order valence-corrected chi connectivity index (χ0v) is 14.0. The third kappa shape index (κ3) is 4.17. The predicted molar refractivity (Wildman–Crippen MR) is 89.1 cm³/mol. The highest BCUT2D eigenvalue weighted by Gasteiger charge is 2.14. The van der Waals surface area contributed by atoms with Gasteiger partial charge in [-0.05, 0) is 37.0 Å². The molecule has 1 aromatic carbocycles. The van der Waals surface area contributed by atoms with Crippen molar-refractivity contribution in [3.05, 3.63) is 47.3 Å². The summed E-state index contributed by atoms with van der Waals surface area (Å²) in [7, 11) is 1.83. The minimum atomic E-state index is -0.0995. The molecule has 0 spiro atoms. The van der Waals surface area contributed by atoms with Crippen LogP contribution < -0.4 is 5.32 Å². The molecule has 21 heavy (non-hydrogen) atoms. The molecule has 1 N–H and O–H groups in total. The first-order chi connectivity index (χ1) is 10.1. The van der Waals surface area contributed by atoms with Crippen molar-refractivity contribution >= 4 is 27.5 Å². The summed E-state index contributed by atoms with van der Waals surface area (Å²) in [5.74, 6) is -0.0995. The number of hydrogen-bond donors (Lipinski definition) is 1. The van der Waals surface area contributed by atoms with Crippen molar-refractivity contribution in [2.24, 2.45) is 7.05 Å². The molecule has 0 radical (unpaired) electrons. The van der Waals surface area contributed by atoms with Gasteiger partial charge in [0.05, 0.1) is 11.3 Å². The van der Waals surface area contributed by atoms with Crippen LogP contribution in [0.25, 0.3) is 0 Å². The van der Waals surface area contributed by atoms with Crippen LogP contribution in [0.2, 0.25) is 0 Å². The number of nitrogens with one attached hydrogen (secondary N) is 1. The Labute approximate surface area is 133 Å². The normalized spacial score (nSPS) is 10.6. The molecule has 2 rings (SSSR count). The molecular weight excluding hydrogens is 330 g/mol. The number of benzene rings is 1. The van der Waals surface area contributed by atoms with Gasteiger partial charge in [0.2, 0.25) is 0 Å². The van der Waals surface area contributed by atoms with E-state index in [0.717, 1.165) is 36.0 Å². The quantitative estimate of drug-likeness (QED) is 0.810. The number of rotatable bonds is 6. The first kappa shape index (κ1) is 15.8. The second kappa shape index (κ2) is 7.41. The van der Waals surface area contributed by atoms with E-state index in [-0.39, 0.29) is 5.91 Å². The van der Waals surface area contributed by atoms with Crippen LogP contribution in [0, 0.1) is 0 Å². The van der Waals surface area contributed by atoms with E-state index in [1.165, 1.54) is 5.56 Å². The highest BCUT2D eigenvalue weighted by Crippen LogP contribution is 2.15. The van der Waals surface area contributed by atoms with E-state index in [1.54, 1.807) is 10.9 Å². The molecule has 0 fully saturated rings. The summed E-state index contributed by atoms with van der Waals surface area (Å²) in [6.45, 7) is 2.00. The summed E-state index contributed by atoms with van der Waals surface area (Å²) in [5, 5.41) is 8.24. The summed E-state index contributed by atoms with van der Waals surface area (Å²) in [4.78, 5) is 12.4. The number of hydrogen-bond acceptors (Lipinski definition) is 2. The van der Waals surface area contributed by atoms with Crippen molar-refractivity contribution in [3.63, 3.8) is 0 Å². The van der Waals surface area contributed by atoms with Crippen LogP contribution in [-0.4, -0.2) is 21.0 Å². The third-order valence-electron chi connectivity index (χ3n) is 3.27. The Morgan fingerprint density at radius 1 is 1.43 bits per heavy atom. The van der Waals surface area contributed by atoms with Gasteiger partial charge in [-0.15, -0.1) is 0 Å². The zero-order valence-electron chi connectivity index (χ0n) is 12.4. The molecule has 5 heteroatoms. The van der Waals surface area contributed by atoms with Crippen molar-refractivity contribution in [1.29, 1.82) is 0 Å². The number of anilines is 1. The maximum atomic E-state index is 12.4. The van der Waals surface area contributed by atoms with Crippen molar-refractivity contribution in [2.75, 3.05) is 10.6 Å². The summed E-state index contributed by atoms with van der Waals surface area (Å²) in [6.07, 6.45) is 4.60. The van der Waals surface area contributed by atoms with E-state index >= 15 is 0 Å². The molecule has 0 unspecified atom stereocenters. The SMILES string of the molecule is CCc1nn(C)cc1C(=O)Nc1cccc(CCCBr)c1. The average Bonchev–Trinajstić information content (AvgIpc) is 2.87. The molecule has 1 amide bonds. The Morgan fingerprint density at radius 2 is 2.24 bits per heavy atom. The van der Waals surface area contributed by atoms with Gasteiger partial charge in [-0.2, -0.15) is 5.10 Å². The molecule has 0 aliphatic rings. The fraction of sp³-hybridized carbons (Fsp3) is 0.375. The van der Waals surface area contributed by atoms with E-state index in [4.69, 9.17) is 0 Å². The van der Waals surface area contributed by atoms with E-state index in [0.29, 0.717) is 5.56 Å². The molecule has 4 nitrogen and oxygen atoms in total. The maximum Gasteiger partial charge on any atom is 0.259 e. The van der Waals surface area contributed by atoms with Crippen molar-refractivity contribution in [3.8, 4) is 0 Å². The van der Waals surface area contributed by atoms with Gasteiger partial charge < -0.3 is 5.32 Å². The number of alkyl halides is 1. The standard InChI is InChI=1S/C16H20BrN3O/c1-3-15-14(11-20(2)19-15)16(21)18-13-8-4-6-12(10-13)7-5-9-17/h4,6,8,10-11H,3,5,7,9H2,1-2H3,(H,18,21). The van der Waals surface area contributed by atoms with Crippen LogP contribution in [0.15, 0.2) is 30.5 Å².